The number of ether oxygens (including phenoxy) is 2. The van der Waals surface area contributed by atoms with Crippen LogP contribution in [0.5, 0.6) is 5.75 Å². The van der Waals surface area contributed by atoms with Crippen LogP contribution in [0, 0.1) is 5.95 Å². The number of rotatable bonds is 5. The van der Waals surface area contributed by atoms with Gasteiger partial charge in [0.2, 0.25) is 0 Å². The van der Waals surface area contributed by atoms with E-state index in [9.17, 15) is 22.4 Å². The largest absolute Gasteiger partial charge is 0.573 e. The average molecular weight is 360 g/mol. The molecule has 4 nitrogen and oxygen atoms in total. The minimum Gasteiger partial charge on any atom is -0.466 e. The molecule has 0 unspecified atom stereocenters. The van der Waals surface area contributed by atoms with E-state index in [-0.39, 0.29) is 29.6 Å². The molecule has 9 heteroatoms. The van der Waals surface area contributed by atoms with Crippen molar-refractivity contribution in [1.29, 1.82) is 0 Å². The van der Waals surface area contributed by atoms with Crippen LogP contribution in [-0.4, -0.2) is 23.9 Å². The summed E-state index contributed by atoms with van der Waals surface area (Å²) >= 11 is 3.02. The molecule has 0 radical (unpaired) electrons. The Balaban J connectivity index is 3.04. The summed E-state index contributed by atoms with van der Waals surface area (Å²) in [6.07, 6.45) is -5.35. The Morgan fingerprint density at radius 2 is 2.10 bits per heavy atom. The number of carbonyl (C=O) groups excluding carboxylic acids is 1. The Kier molecular flexibility index (Phi) is 5.73. The third kappa shape index (κ3) is 4.95. The van der Waals surface area contributed by atoms with Gasteiger partial charge in [0.15, 0.2) is 5.75 Å². The van der Waals surface area contributed by atoms with E-state index in [0.29, 0.717) is 0 Å². The Morgan fingerprint density at radius 3 is 2.60 bits per heavy atom. The van der Waals surface area contributed by atoms with Gasteiger partial charge < -0.3 is 9.47 Å². The van der Waals surface area contributed by atoms with Crippen molar-refractivity contribution in [3.8, 4) is 5.75 Å². The van der Waals surface area contributed by atoms with Gasteiger partial charge in [-0.15, -0.1) is 13.2 Å². The van der Waals surface area contributed by atoms with Crippen molar-refractivity contribution in [2.75, 3.05) is 6.61 Å². The molecule has 1 aromatic rings. The lowest BCUT2D eigenvalue weighted by Crippen LogP contribution is -2.19. The van der Waals surface area contributed by atoms with Gasteiger partial charge in [-0.2, -0.15) is 4.39 Å². The SMILES string of the molecule is CCOC(=O)Cc1nc(F)c(OC(F)(F)F)cc1CBr. The lowest BCUT2D eigenvalue weighted by Gasteiger charge is -2.12. The molecule has 0 aromatic carbocycles. The van der Waals surface area contributed by atoms with Gasteiger partial charge >= 0.3 is 12.3 Å². The van der Waals surface area contributed by atoms with E-state index in [0.717, 1.165) is 6.07 Å². The minimum atomic E-state index is -5.02. The maximum absolute atomic E-state index is 13.4. The summed E-state index contributed by atoms with van der Waals surface area (Å²) in [5.41, 5.74) is 0.200. The predicted octanol–water partition coefficient (Wildman–Crippen LogP) is 3.12. The maximum atomic E-state index is 13.4. The first-order chi connectivity index (χ1) is 9.26. The Morgan fingerprint density at radius 1 is 1.45 bits per heavy atom. The lowest BCUT2D eigenvalue weighted by molar-refractivity contribution is -0.275. The highest BCUT2D eigenvalue weighted by Crippen LogP contribution is 2.27. The van der Waals surface area contributed by atoms with E-state index in [1.54, 1.807) is 6.92 Å². The third-order valence-corrected chi connectivity index (χ3v) is 2.70. The predicted molar refractivity (Wildman–Crippen MR) is 63.8 cm³/mol. The zero-order chi connectivity index (χ0) is 15.3. The van der Waals surface area contributed by atoms with Crippen LogP contribution in [0.2, 0.25) is 0 Å². The molecule has 112 valence electrons. The van der Waals surface area contributed by atoms with Crippen LogP contribution in [0.3, 0.4) is 0 Å². The van der Waals surface area contributed by atoms with Crippen LogP contribution in [-0.2, 0) is 21.3 Å². The molecular weight excluding hydrogens is 350 g/mol. The molecule has 0 amide bonds. The van der Waals surface area contributed by atoms with Crippen LogP contribution in [0.4, 0.5) is 17.6 Å². The van der Waals surface area contributed by atoms with Gasteiger partial charge in [0, 0.05) is 5.33 Å². The van der Waals surface area contributed by atoms with Crippen LogP contribution < -0.4 is 4.74 Å². The summed E-state index contributed by atoms with van der Waals surface area (Å²) in [5.74, 6) is -3.13. The van der Waals surface area contributed by atoms with Gasteiger partial charge in [0.05, 0.1) is 18.7 Å². The number of pyridine rings is 1. The van der Waals surface area contributed by atoms with Crippen LogP contribution >= 0.6 is 15.9 Å². The van der Waals surface area contributed by atoms with Crippen LogP contribution in [0.15, 0.2) is 6.07 Å². The van der Waals surface area contributed by atoms with Crippen LogP contribution in [0.1, 0.15) is 18.2 Å². The first-order valence-electron chi connectivity index (χ1n) is 5.42. The highest BCUT2D eigenvalue weighted by molar-refractivity contribution is 9.08. The average Bonchev–Trinajstić information content (AvgIpc) is 2.31. The highest BCUT2D eigenvalue weighted by Gasteiger charge is 2.33. The molecule has 0 aliphatic carbocycles. The first kappa shape index (κ1) is 16.7. The summed E-state index contributed by atoms with van der Waals surface area (Å²) in [7, 11) is 0. The molecular formula is C11H10BrF4NO3. The molecule has 1 rings (SSSR count). The van der Waals surface area contributed by atoms with Crippen molar-refractivity contribution in [1.82, 2.24) is 4.98 Å². The number of carbonyl (C=O) groups is 1. The Hall–Kier alpha value is -1.38. The third-order valence-electron chi connectivity index (χ3n) is 2.10. The smallest absolute Gasteiger partial charge is 0.466 e. The van der Waals surface area contributed by atoms with Gasteiger partial charge in [0.1, 0.15) is 0 Å². The number of esters is 1. The molecule has 20 heavy (non-hydrogen) atoms. The van der Waals surface area contributed by atoms with Crippen LogP contribution in [0.25, 0.3) is 0 Å². The summed E-state index contributed by atoms with van der Waals surface area (Å²) in [6, 6.07) is 0.846. The Bertz CT molecular complexity index is 493. The van der Waals surface area contributed by atoms with E-state index >= 15 is 0 Å². The molecule has 0 bridgehead atoms. The maximum Gasteiger partial charge on any atom is 0.573 e. The molecule has 0 aliphatic heterocycles. The van der Waals surface area contributed by atoms with Crippen molar-refractivity contribution in [2.45, 2.75) is 25.0 Å². The van der Waals surface area contributed by atoms with Crippen molar-refractivity contribution in [2.24, 2.45) is 0 Å². The zero-order valence-corrected chi connectivity index (χ0v) is 11.8. The molecule has 0 spiro atoms. The second-order valence-electron chi connectivity index (χ2n) is 3.55. The second kappa shape index (κ2) is 6.87. The minimum absolute atomic E-state index is 0.00708. The molecule has 0 saturated heterocycles. The fourth-order valence-corrected chi connectivity index (χ4v) is 1.85. The number of nitrogens with zero attached hydrogens (tertiary/aromatic N) is 1. The van der Waals surface area contributed by atoms with Crippen molar-refractivity contribution in [3.63, 3.8) is 0 Å². The number of halogens is 5. The van der Waals surface area contributed by atoms with Gasteiger partial charge in [0.25, 0.3) is 5.95 Å². The number of hydrogen-bond donors (Lipinski definition) is 0. The number of hydrogen-bond acceptors (Lipinski definition) is 4. The summed E-state index contributed by atoms with van der Waals surface area (Å²) < 4.78 is 57.8. The van der Waals surface area contributed by atoms with E-state index in [1.165, 1.54) is 0 Å². The molecule has 0 atom stereocenters. The summed E-state index contributed by atoms with van der Waals surface area (Å²) in [5, 5.41) is 0.0865. The molecule has 1 aromatic heterocycles. The van der Waals surface area contributed by atoms with E-state index in [4.69, 9.17) is 0 Å². The summed E-state index contributed by atoms with van der Waals surface area (Å²) in [4.78, 5) is 14.6. The molecule has 0 saturated carbocycles. The normalized spacial score (nSPS) is 11.3. The second-order valence-corrected chi connectivity index (χ2v) is 4.11. The number of alkyl halides is 4. The quantitative estimate of drug-likeness (QED) is 0.350. The van der Waals surface area contributed by atoms with E-state index < -0.39 is 24.0 Å². The lowest BCUT2D eigenvalue weighted by atomic mass is 10.1. The fourth-order valence-electron chi connectivity index (χ4n) is 1.36. The molecule has 0 N–H and O–H groups in total. The van der Waals surface area contributed by atoms with Gasteiger partial charge in [-0.3, -0.25) is 4.79 Å². The van der Waals surface area contributed by atoms with E-state index in [1.807, 2.05) is 0 Å². The number of aromatic nitrogens is 1. The topological polar surface area (TPSA) is 48.4 Å². The first-order valence-corrected chi connectivity index (χ1v) is 6.54. The fraction of sp³-hybridized carbons (Fsp3) is 0.455. The summed E-state index contributed by atoms with van der Waals surface area (Å²) in [6.45, 7) is 1.73. The van der Waals surface area contributed by atoms with Crippen molar-refractivity contribution >= 4 is 21.9 Å². The highest BCUT2D eigenvalue weighted by atomic mass is 79.9. The molecule has 0 aliphatic rings. The standard InChI is InChI=1S/C11H10BrF4NO3/c1-2-19-9(18)4-7-6(5-12)3-8(10(13)17-7)20-11(14,15)16/h3H,2,4-5H2,1H3. The van der Waals surface area contributed by atoms with Gasteiger partial charge in [-0.1, -0.05) is 15.9 Å². The van der Waals surface area contributed by atoms with E-state index in [2.05, 4.69) is 30.4 Å². The molecule has 1 heterocycles. The van der Waals surface area contributed by atoms with Gasteiger partial charge in [-0.25, -0.2) is 4.98 Å². The monoisotopic (exact) mass is 359 g/mol. The van der Waals surface area contributed by atoms with Crippen molar-refractivity contribution < 1.29 is 31.8 Å². The zero-order valence-electron chi connectivity index (χ0n) is 10.3. The molecule has 0 fully saturated rings. The van der Waals surface area contributed by atoms with Crippen molar-refractivity contribution in [3.05, 3.63) is 23.3 Å². The Labute approximate surface area is 120 Å². The van der Waals surface area contributed by atoms with Gasteiger partial charge in [-0.05, 0) is 18.6 Å².